The second-order valence-electron chi connectivity index (χ2n) is 11.1. The van der Waals surface area contributed by atoms with Gasteiger partial charge in [0.05, 0.1) is 0 Å². The molecule has 1 saturated heterocycles. The summed E-state index contributed by atoms with van der Waals surface area (Å²) in [5.74, 6) is 0.147. The largest absolute Gasteiger partial charge is 0.331 e. The molecule has 0 radical (unpaired) electrons. The summed E-state index contributed by atoms with van der Waals surface area (Å²) in [5.41, 5.74) is 7.07. The van der Waals surface area contributed by atoms with Crippen molar-refractivity contribution in [1.82, 2.24) is 9.80 Å². The lowest BCUT2D eigenvalue weighted by Crippen LogP contribution is -2.46. The van der Waals surface area contributed by atoms with Crippen LogP contribution in [0.25, 0.3) is 11.1 Å². The lowest BCUT2D eigenvalue weighted by atomic mass is 9.98. The average Bonchev–Trinajstić information content (AvgIpc) is 3.02. The summed E-state index contributed by atoms with van der Waals surface area (Å²) < 4.78 is 0. The Bertz CT molecular complexity index is 1310. The summed E-state index contributed by atoms with van der Waals surface area (Å²) in [6, 6.07) is 38.5. The van der Waals surface area contributed by atoms with E-state index in [4.69, 9.17) is 0 Å². The number of aryl methyl sites for hydroxylation is 1. The smallest absolute Gasteiger partial charge is 0.254 e. The van der Waals surface area contributed by atoms with Gasteiger partial charge < -0.3 is 4.90 Å². The Morgan fingerprint density at radius 2 is 1.30 bits per heavy atom. The minimum atomic E-state index is 0.147. The van der Waals surface area contributed by atoms with Gasteiger partial charge in [0.25, 0.3) is 5.91 Å². The Morgan fingerprint density at radius 3 is 1.95 bits per heavy atom. The maximum atomic E-state index is 14.0. The van der Waals surface area contributed by atoms with E-state index in [1.54, 1.807) is 0 Å². The van der Waals surface area contributed by atoms with E-state index in [0.29, 0.717) is 6.54 Å². The monoisotopic (exact) mass is 530 g/mol. The Morgan fingerprint density at radius 1 is 0.700 bits per heavy atom. The van der Waals surface area contributed by atoms with Gasteiger partial charge in [-0.1, -0.05) is 117 Å². The van der Waals surface area contributed by atoms with Gasteiger partial charge in [0.2, 0.25) is 0 Å². The highest BCUT2D eigenvalue weighted by molar-refractivity contribution is 5.94. The molecule has 1 amide bonds. The van der Waals surface area contributed by atoms with Crippen molar-refractivity contribution >= 4 is 5.91 Å². The predicted molar refractivity (Wildman–Crippen MR) is 166 cm³/mol. The molecule has 0 aromatic heterocycles. The Balaban J connectivity index is 1.30. The number of hydrogen-bond acceptors (Lipinski definition) is 2. The van der Waals surface area contributed by atoms with E-state index >= 15 is 0 Å². The van der Waals surface area contributed by atoms with Gasteiger partial charge in [0.15, 0.2) is 0 Å². The van der Waals surface area contributed by atoms with E-state index in [0.717, 1.165) is 44.5 Å². The molecule has 40 heavy (non-hydrogen) atoms. The highest BCUT2D eigenvalue weighted by Crippen LogP contribution is 2.25. The van der Waals surface area contributed by atoms with E-state index in [1.807, 2.05) is 18.2 Å². The predicted octanol–water partition coefficient (Wildman–Crippen LogP) is 8.39. The van der Waals surface area contributed by atoms with Crippen LogP contribution >= 0.6 is 0 Å². The van der Waals surface area contributed by atoms with Gasteiger partial charge in [-0.25, -0.2) is 0 Å². The maximum Gasteiger partial charge on any atom is 0.254 e. The molecule has 1 aliphatic heterocycles. The molecule has 206 valence electrons. The second-order valence-corrected chi connectivity index (χ2v) is 11.1. The molecule has 0 N–H and O–H groups in total. The summed E-state index contributed by atoms with van der Waals surface area (Å²) in [4.78, 5) is 18.7. The van der Waals surface area contributed by atoms with Gasteiger partial charge in [-0.05, 0) is 65.6 Å². The third-order valence-corrected chi connectivity index (χ3v) is 8.19. The van der Waals surface area contributed by atoms with Crippen molar-refractivity contribution < 1.29 is 4.79 Å². The van der Waals surface area contributed by atoms with Gasteiger partial charge in [0, 0.05) is 37.8 Å². The number of carbonyl (C=O) groups excluding carboxylic acids is 1. The third-order valence-electron chi connectivity index (χ3n) is 8.19. The topological polar surface area (TPSA) is 23.6 Å². The zero-order chi connectivity index (χ0) is 27.6. The average molecular weight is 531 g/mol. The van der Waals surface area contributed by atoms with Crippen LogP contribution in [0, 0.1) is 0 Å². The van der Waals surface area contributed by atoms with E-state index in [-0.39, 0.29) is 11.9 Å². The van der Waals surface area contributed by atoms with Crippen LogP contribution in [-0.4, -0.2) is 34.8 Å². The van der Waals surface area contributed by atoms with Crippen LogP contribution in [0.5, 0.6) is 0 Å². The molecule has 1 aliphatic rings. The Kier molecular flexibility index (Phi) is 9.82. The van der Waals surface area contributed by atoms with Crippen LogP contribution in [0.4, 0.5) is 0 Å². The van der Waals surface area contributed by atoms with Gasteiger partial charge in [-0.15, -0.1) is 0 Å². The molecule has 4 aromatic rings. The SMILES string of the molecule is CCCCCc1ccc(C(=O)N(Cc2ccc(-c3ccccc3)cc2)C2CCN(Cc3ccccc3)CC2)cc1. The number of nitrogens with zero attached hydrogens (tertiary/aromatic N) is 2. The molecule has 0 aliphatic carbocycles. The minimum Gasteiger partial charge on any atom is -0.331 e. The molecule has 1 heterocycles. The van der Waals surface area contributed by atoms with Gasteiger partial charge in [-0.2, -0.15) is 0 Å². The highest BCUT2D eigenvalue weighted by Gasteiger charge is 2.29. The quantitative estimate of drug-likeness (QED) is 0.182. The van der Waals surface area contributed by atoms with Crippen molar-refractivity contribution in [3.63, 3.8) is 0 Å². The molecule has 5 rings (SSSR count). The molecule has 3 nitrogen and oxygen atoms in total. The number of unbranched alkanes of at least 4 members (excludes halogenated alkanes) is 2. The lowest BCUT2D eigenvalue weighted by Gasteiger charge is -2.39. The molecule has 3 heteroatoms. The van der Waals surface area contributed by atoms with Crippen molar-refractivity contribution in [2.24, 2.45) is 0 Å². The van der Waals surface area contributed by atoms with E-state index in [1.165, 1.54) is 47.1 Å². The van der Waals surface area contributed by atoms with E-state index < -0.39 is 0 Å². The molecule has 0 saturated carbocycles. The maximum absolute atomic E-state index is 14.0. The van der Waals surface area contributed by atoms with Crippen molar-refractivity contribution in [2.75, 3.05) is 13.1 Å². The summed E-state index contributed by atoms with van der Waals surface area (Å²) in [7, 11) is 0. The lowest BCUT2D eigenvalue weighted by molar-refractivity contribution is 0.0543. The molecule has 4 aromatic carbocycles. The second kappa shape index (κ2) is 14.1. The van der Waals surface area contributed by atoms with Crippen molar-refractivity contribution in [3.05, 3.63) is 131 Å². The first kappa shape index (κ1) is 27.9. The fourth-order valence-corrected chi connectivity index (χ4v) is 5.79. The Hall–Kier alpha value is -3.69. The first-order valence-electron chi connectivity index (χ1n) is 15.0. The molecule has 0 bridgehead atoms. The number of benzene rings is 4. The van der Waals surface area contributed by atoms with Crippen LogP contribution in [0.2, 0.25) is 0 Å². The summed E-state index contributed by atoms with van der Waals surface area (Å²) >= 11 is 0. The highest BCUT2D eigenvalue weighted by atomic mass is 16.2. The molecule has 0 atom stereocenters. The zero-order valence-corrected chi connectivity index (χ0v) is 23.8. The number of piperidine rings is 1. The van der Waals surface area contributed by atoms with Crippen molar-refractivity contribution in [2.45, 2.75) is 64.6 Å². The summed E-state index contributed by atoms with van der Waals surface area (Å²) in [5, 5.41) is 0. The van der Waals surface area contributed by atoms with E-state index in [9.17, 15) is 4.79 Å². The molecule has 0 spiro atoms. The van der Waals surface area contributed by atoms with Crippen LogP contribution in [-0.2, 0) is 19.5 Å². The van der Waals surface area contributed by atoms with Crippen LogP contribution in [0.1, 0.15) is 66.1 Å². The standard InChI is InChI=1S/C37H42N2O/c1-2-3-6-11-30-16-22-35(23-17-30)37(40)39(29-32-18-20-34(21-19-32)33-14-9-5-10-15-33)36-24-26-38(27-25-36)28-31-12-7-4-8-13-31/h4-5,7-10,12-23,36H,2-3,6,11,24-29H2,1H3. The van der Waals surface area contributed by atoms with Crippen molar-refractivity contribution in [1.29, 1.82) is 0 Å². The summed E-state index contributed by atoms with van der Waals surface area (Å²) in [6.45, 7) is 5.86. The van der Waals surface area contributed by atoms with Crippen LogP contribution in [0.15, 0.2) is 109 Å². The first-order chi connectivity index (χ1) is 19.7. The van der Waals surface area contributed by atoms with Gasteiger partial charge in [0.1, 0.15) is 0 Å². The number of rotatable bonds is 11. The number of amides is 1. The number of likely N-dealkylation sites (tertiary alicyclic amines) is 1. The Labute approximate surface area is 240 Å². The fraction of sp³-hybridized carbons (Fsp3) is 0.324. The van der Waals surface area contributed by atoms with Gasteiger partial charge in [-0.3, -0.25) is 9.69 Å². The van der Waals surface area contributed by atoms with Crippen LogP contribution in [0.3, 0.4) is 0 Å². The van der Waals surface area contributed by atoms with Gasteiger partial charge >= 0.3 is 0 Å². The van der Waals surface area contributed by atoms with Crippen LogP contribution < -0.4 is 0 Å². The number of hydrogen-bond donors (Lipinski definition) is 0. The summed E-state index contributed by atoms with van der Waals surface area (Å²) in [6.07, 6.45) is 6.75. The molecule has 0 unspecified atom stereocenters. The zero-order valence-electron chi connectivity index (χ0n) is 23.8. The third kappa shape index (κ3) is 7.49. The normalized spacial score (nSPS) is 14.2. The first-order valence-corrected chi connectivity index (χ1v) is 15.0. The molecular weight excluding hydrogens is 488 g/mol. The van der Waals surface area contributed by atoms with Crippen molar-refractivity contribution in [3.8, 4) is 11.1 Å². The number of carbonyl (C=O) groups is 1. The fourth-order valence-electron chi connectivity index (χ4n) is 5.79. The minimum absolute atomic E-state index is 0.147. The molecule has 1 fully saturated rings. The van der Waals surface area contributed by atoms with E-state index in [2.05, 4.69) is 108 Å². The molecular formula is C37H42N2O.